The summed E-state index contributed by atoms with van der Waals surface area (Å²) in [6.45, 7) is 0. The highest BCUT2D eigenvalue weighted by Crippen LogP contribution is 2.52. The van der Waals surface area contributed by atoms with Crippen LogP contribution in [0.15, 0.2) is 47.8 Å². The van der Waals surface area contributed by atoms with Crippen LogP contribution in [0.3, 0.4) is 0 Å². The molecule has 1 heterocycles. The van der Waals surface area contributed by atoms with Crippen molar-refractivity contribution < 1.29 is 9.13 Å². The molecule has 0 aromatic carbocycles. The molecule has 0 radical (unpaired) electrons. The zero-order chi connectivity index (χ0) is 8.89. The van der Waals surface area contributed by atoms with E-state index in [1.165, 1.54) is 0 Å². The lowest BCUT2D eigenvalue weighted by Gasteiger charge is -2.28. The van der Waals surface area contributed by atoms with Crippen molar-refractivity contribution in [3.63, 3.8) is 0 Å². The molecule has 1 spiro atoms. The Morgan fingerprint density at radius 1 is 1.38 bits per heavy atom. The van der Waals surface area contributed by atoms with Crippen molar-refractivity contribution in [3.8, 4) is 0 Å². The average molecular weight is 176 g/mol. The van der Waals surface area contributed by atoms with Crippen LogP contribution in [-0.4, -0.2) is 6.36 Å². The second kappa shape index (κ2) is 2.13. The zero-order valence-corrected chi connectivity index (χ0v) is 7.03. The molecule has 0 amide bonds. The zero-order valence-electron chi connectivity index (χ0n) is 7.03. The van der Waals surface area contributed by atoms with E-state index in [4.69, 9.17) is 4.74 Å². The molecule has 0 N–H and O–H groups in total. The minimum Gasteiger partial charge on any atom is -0.463 e. The lowest BCUT2D eigenvalue weighted by Crippen LogP contribution is -2.28. The van der Waals surface area contributed by atoms with Gasteiger partial charge >= 0.3 is 0 Å². The number of halogens is 1. The summed E-state index contributed by atoms with van der Waals surface area (Å²) in [5.41, 5.74) is 0.502. The van der Waals surface area contributed by atoms with E-state index >= 15 is 0 Å². The molecule has 1 saturated heterocycles. The van der Waals surface area contributed by atoms with Gasteiger partial charge in [0, 0.05) is 6.42 Å². The topological polar surface area (TPSA) is 9.23 Å². The molecule has 2 atom stereocenters. The van der Waals surface area contributed by atoms with Gasteiger partial charge in [0.05, 0.1) is 5.41 Å². The predicted molar refractivity (Wildman–Crippen MR) is 47.5 cm³/mol. The normalized spacial score (nSPS) is 39.3. The molecule has 1 aliphatic heterocycles. The van der Waals surface area contributed by atoms with Crippen LogP contribution in [0, 0.1) is 5.41 Å². The Kier molecular flexibility index (Phi) is 1.17. The summed E-state index contributed by atoms with van der Waals surface area (Å²) < 4.78 is 18.7. The van der Waals surface area contributed by atoms with Crippen LogP contribution < -0.4 is 0 Å². The van der Waals surface area contributed by atoms with Crippen LogP contribution in [-0.2, 0) is 4.74 Å². The van der Waals surface area contributed by atoms with E-state index in [9.17, 15) is 4.39 Å². The molecule has 0 saturated carbocycles. The number of hydrogen-bond donors (Lipinski definition) is 0. The summed E-state index contributed by atoms with van der Waals surface area (Å²) in [5.74, 6) is 0.760. The Hall–Kier alpha value is -1.31. The van der Waals surface area contributed by atoms with Crippen LogP contribution in [0.25, 0.3) is 0 Å². The number of allylic oxidation sites excluding steroid dienone is 6. The molecule has 2 heteroatoms. The van der Waals surface area contributed by atoms with E-state index in [0.29, 0.717) is 6.42 Å². The molecule has 0 aromatic rings. The monoisotopic (exact) mass is 176 g/mol. The van der Waals surface area contributed by atoms with Crippen LogP contribution in [0.5, 0.6) is 0 Å². The summed E-state index contributed by atoms with van der Waals surface area (Å²) in [7, 11) is 0. The van der Waals surface area contributed by atoms with Gasteiger partial charge in [-0.2, -0.15) is 0 Å². The molecule has 3 rings (SSSR count). The lowest BCUT2D eigenvalue weighted by atomic mass is 9.73. The molecular formula is C11H9FO. The highest BCUT2D eigenvalue weighted by molar-refractivity contribution is 5.47. The Labute approximate surface area is 75.9 Å². The first kappa shape index (κ1) is 7.13. The second-order valence-electron chi connectivity index (χ2n) is 3.62. The Morgan fingerprint density at radius 2 is 2.31 bits per heavy atom. The molecule has 1 nitrogen and oxygen atoms in total. The average Bonchev–Trinajstić information content (AvgIpc) is 2.38. The molecule has 13 heavy (non-hydrogen) atoms. The molecule has 2 bridgehead atoms. The van der Waals surface area contributed by atoms with Crippen LogP contribution in [0.1, 0.15) is 6.42 Å². The van der Waals surface area contributed by atoms with Gasteiger partial charge in [0.15, 0.2) is 0 Å². The van der Waals surface area contributed by atoms with Gasteiger partial charge in [0.1, 0.15) is 5.76 Å². The molecule has 66 valence electrons. The maximum Gasteiger partial charge on any atom is 0.251 e. The van der Waals surface area contributed by atoms with Gasteiger partial charge in [0.25, 0.3) is 6.36 Å². The van der Waals surface area contributed by atoms with E-state index < -0.39 is 11.8 Å². The fourth-order valence-electron chi connectivity index (χ4n) is 2.15. The van der Waals surface area contributed by atoms with Gasteiger partial charge in [-0.25, -0.2) is 4.39 Å². The third kappa shape index (κ3) is 0.755. The first-order valence-corrected chi connectivity index (χ1v) is 4.39. The number of alkyl halides is 1. The minimum absolute atomic E-state index is 0.515. The largest absolute Gasteiger partial charge is 0.463 e. The molecule has 2 unspecified atom stereocenters. The van der Waals surface area contributed by atoms with E-state index in [1.54, 1.807) is 0 Å². The van der Waals surface area contributed by atoms with Gasteiger partial charge in [-0.05, 0) is 11.6 Å². The van der Waals surface area contributed by atoms with Gasteiger partial charge in [-0.3, -0.25) is 0 Å². The Balaban J connectivity index is 2.20. The molecule has 0 aromatic heterocycles. The third-order valence-corrected chi connectivity index (χ3v) is 2.89. The summed E-state index contributed by atoms with van der Waals surface area (Å²) in [6.07, 6.45) is 10.9. The van der Waals surface area contributed by atoms with Crippen molar-refractivity contribution in [2.75, 3.05) is 0 Å². The van der Waals surface area contributed by atoms with Crippen molar-refractivity contribution in [3.05, 3.63) is 47.8 Å². The molecule has 1 fully saturated rings. The lowest BCUT2D eigenvalue weighted by molar-refractivity contribution is -0.00145. The van der Waals surface area contributed by atoms with Crippen LogP contribution >= 0.6 is 0 Å². The summed E-state index contributed by atoms with van der Waals surface area (Å²) in [6, 6.07) is 0. The van der Waals surface area contributed by atoms with Gasteiger partial charge in [-0.15, -0.1) is 0 Å². The number of rotatable bonds is 0. The summed E-state index contributed by atoms with van der Waals surface area (Å²) >= 11 is 0. The molecule has 3 aliphatic rings. The maximum absolute atomic E-state index is 13.6. The fourth-order valence-corrected chi connectivity index (χ4v) is 2.15. The van der Waals surface area contributed by atoms with Crippen LogP contribution in [0.4, 0.5) is 4.39 Å². The van der Waals surface area contributed by atoms with Gasteiger partial charge in [0.2, 0.25) is 0 Å². The number of hydrogen-bond acceptors (Lipinski definition) is 1. The smallest absolute Gasteiger partial charge is 0.251 e. The Morgan fingerprint density at radius 3 is 3.23 bits per heavy atom. The van der Waals surface area contributed by atoms with E-state index in [2.05, 4.69) is 0 Å². The summed E-state index contributed by atoms with van der Waals surface area (Å²) in [4.78, 5) is 0. The highest BCUT2D eigenvalue weighted by atomic mass is 19.1. The first-order valence-electron chi connectivity index (χ1n) is 4.39. The standard InChI is InChI=1S/C11H9FO/c12-10-11-6-2-1-3-8(11)4-5-9(7-11)13-10/h1-6,10H,7H2. The third-order valence-electron chi connectivity index (χ3n) is 2.89. The molecule has 2 aliphatic carbocycles. The predicted octanol–water partition coefficient (Wildman–Crippen LogP) is 2.64. The second-order valence-corrected chi connectivity index (χ2v) is 3.62. The van der Waals surface area contributed by atoms with Crippen molar-refractivity contribution in [1.82, 2.24) is 0 Å². The van der Waals surface area contributed by atoms with E-state index in [-0.39, 0.29) is 0 Å². The quantitative estimate of drug-likeness (QED) is 0.551. The van der Waals surface area contributed by atoms with E-state index in [1.807, 2.05) is 36.5 Å². The highest BCUT2D eigenvalue weighted by Gasteiger charge is 2.49. The first-order chi connectivity index (χ1) is 6.31. The van der Waals surface area contributed by atoms with E-state index in [0.717, 1.165) is 11.3 Å². The fraction of sp³-hybridized carbons (Fsp3) is 0.273. The van der Waals surface area contributed by atoms with Gasteiger partial charge in [-0.1, -0.05) is 30.4 Å². The van der Waals surface area contributed by atoms with Crippen molar-refractivity contribution in [1.29, 1.82) is 0 Å². The minimum atomic E-state index is -1.21. The Bertz CT molecular complexity index is 376. The molecular weight excluding hydrogens is 167 g/mol. The summed E-state index contributed by atoms with van der Waals surface area (Å²) in [5, 5.41) is 0. The maximum atomic E-state index is 13.6. The number of fused-ring (bicyclic) bond motifs is 1. The van der Waals surface area contributed by atoms with Gasteiger partial charge < -0.3 is 4.74 Å². The SMILES string of the molecule is FC1OC2=CC=C3C=CC=CC31C2. The van der Waals surface area contributed by atoms with Crippen LogP contribution in [0.2, 0.25) is 0 Å². The van der Waals surface area contributed by atoms with Crippen molar-refractivity contribution >= 4 is 0 Å². The van der Waals surface area contributed by atoms with Crippen molar-refractivity contribution in [2.45, 2.75) is 12.8 Å². The van der Waals surface area contributed by atoms with Crippen molar-refractivity contribution in [2.24, 2.45) is 5.41 Å². The number of ether oxygens (including phenoxy) is 1.